The number of nitrogens with one attached hydrogen (secondary N) is 3. The first-order valence-corrected chi connectivity index (χ1v) is 13.6. The first-order valence-electron chi connectivity index (χ1n) is 13.6. The molecule has 0 radical (unpaired) electrons. The van der Waals surface area contributed by atoms with Gasteiger partial charge in [0.15, 0.2) is 0 Å². The van der Waals surface area contributed by atoms with Crippen molar-refractivity contribution in [2.24, 2.45) is 11.8 Å². The fourth-order valence-corrected chi connectivity index (χ4v) is 4.59. The summed E-state index contributed by atoms with van der Waals surface area (Å²) in [6, 6.07) is 14.6. The Balaban J connectivity index is 2.01. The Bertz CT molecular complexity index is 1130. The number of fused-ring (bicyclic) bond motifs is 10. The van der Waals surface area contributed by atoms with Gasteiger partial charge in [-0.25, -0.2) is 0 Å². The van der Waals surface area contributed by atoms with E-state index in [9.17, 15) is 14.4 Å². The summed E-state index contributed by atoms with van der Waals surface area (Å²) in [6.45, 7) is 8.01. The molecule has 2 aromatic rings. The largest absolute Gasteiger partial charge is 0.487 e. The van der Waals surface area contributed by atoms with Crippen LogP contribution in [-0.2, 0) is 20.8 Å². The lowest BCUT2D eigenvalue weighted by Gasteiger charge is -2.34. The normalized spacial score (nSPS) is 21.6. The minimum Gasteiger partial charge on any atom is -0.487 e. The van der Waals surface area contributed by atoms with E-state index in [1.807, 2.05) is 87.4 Å². The summed E-state index contributed by atoms with van der Waals surface area (Å²) in [7, 11) is 3.71. The number of ether oxygens (including phenoxy) is 1. The van der Waals surface area contributed by atoms with E-state index in [1.54, 1.807) is 12.3 Å². The number of rotatable bonds is 8. The van der Waals surface area contributed by atoms with Gasteiger partial charge in [-0.3, -0.25) is 19.3 Å². The molecule has 0 aliphatic carbocycles. The molecule has 0 spiro atoms. The van der Waals surface area contributed by atoms with Gasteiger partial charge in [-0.1, -0.05) is 70.2 Å². The van der Waals surface area contributed by atoms with Gasteiger partial charge in [-0.2, -0.15) is 0 Å². The minimum absolute atomic E-state index is 0.127. The fraction of sp³-hybridized carbons (Fsp3) is 0.452. The third kappa shape index (κ3) is 8.68. The zero-order chi connectivity index (χ0) is 28.5. The van der Waals surface area contributed by atoms with Gasteiger partial charge in [-0.05, 0) is 61.7 Å². The summed E-state index contributed by atoms with van der Waals surface area (Å²) in [5, 5.41) is 8.71. The predicted molar refractivity (Wildman–Crippen MR) is 154 cm³/mol. The molecule has 2 heterocycles. The number of benzene rings is 2. The van der Waals surface area contributed by atoms with Crippen LogP contribution >= 0.6 is 0 Å². The molecular weight excluding hydrogens is 492 g/mol. The van der Waals surface area contributed by atoms with E-state index < -0.39 is 30.1 Å². The Morgan fingerprint density at radius 1 is 0.974 bits per heavy atom. The number of carbonyl (C=O) groups excluding carboxylic acids is 3. The minimum atomic E-state index is -1.03. The van der Waals surface area contributed by atoms with Crippen LogP contribution in [0.5, 0.6) is 5.75 Å². The van der Waals surface area contributed by atoms with E-state index in [4.69, 9.17) is 4.74 Å². The Labute approximate surface area is 232 Å². The molecular formula is C31H42N4O4. The second kappa shape index (κ2) is 13.9. The number of nitrogens with zero attached hydrogens (tertiary/aromatic N) is 1. The molecule has 0 fully saturated rings. The van der Waals surface area contributed by atoms with Crippen LogP contribution in [0.1, 0.15) is 45.2 Å². The summed E-state index contributed by atoms with van der Waals surface area (Å²) in [5.74, 6) is -0.341. The van der Waals surface area contributed by atoms with E-state index in [-0.39, 0.29) is 23.7 Å². The number of carbonyl (C=O) groups is 3. The Morgan fingerprint density at radius 2 is 1.64 bits per heavy atom. The molecule has 4 atom stereocenters. The SMILES string of the molecule is CC(C)C[C@@H](C(=O)N[C@@H]1C(=O)N[C@@H](Cc2ccccc2)C(=O)N/C=C/c2ccc(cc2)O[C@H]1C(C)C)N(C)C. The second-order valence-corrected chi connectivity index (χ2v) is 11.1. The lowest BCUT2D eigenvalue weighted by molar-refractivity contribution is -0.136. The number of likely N-dealkylation sites (N-methyl/N-ethyl adjacent to an activating group) is 1. The third-order valence-corrected chi connectivity index (χ3v) is 6.76. The van der Waals surface area contributed by atoms with Gasteiger partial charge in [-0.15, -0.1) is 0 Å². The average Bonchev–Trinajstić information content (AvgIpc) is 2.89. The molecule has 4 rings (SSSR count). The number of hydrogen-bond acceptors (Lipinski definition) is 5. The van der Waals surface area contributed by atoms with E-state index in [1.165, 1.54) is 0 Å². The maximum Gasteiger partial charge on any atom is 0.247 e. The molecule has 39 heavy (non-hydrogen) atoms. The molecule has 2 aliphatic rings. The maximum atomic E-state index is 13.9. The molecule has 210 valence electrons. The first kappa shape index (κ1) is 29.9. The quantitative estimate of drug-likeness (QED) is 0.482. The highest BCUT2D eigenvalue weighted by Crippen LogP contribution is 2.21. The Morgan fingerprint density at radius 3 is 2.23 bits per heavy atom. The highest BCUT2D eigenvalue weighted by atomic mass is 16.5. The first-order chi connectivity index (χ1) is 18.5. The maximum absolute atomic E-state index is 13.9. The van der Waals surface area contributed by atoms with Crippen molar-refractivity contribution in [1.29, 1.82) is 0 Å². The van der Waals surface area contributed by atoms with E-state index in [2.05, 4.69) is 29.8 Å². The molecule has 3 amide bonds. The van der Waals surface area contributed by atoms with E-state index in [0.29, 0.717) is 18.6 Å². The van der Waals surface area contributed by atoms with Gasteiger partial charge in [0.1, 0.15) is 23.9 Å². The van der Waals surface area contributed by atoms with Gasteiger partial charge in [0.05, 0.1) is 6.04 Å². The van der Waals surface area contributed by atoms with Gasteiger partial charge >= 0.3 is 0 Å². The lowest BCUT2D eigenvalue weighted by Crippen LogP contribution is -2.62. The van der Waals surface area contributed by atoms with Crippen LogP contribution in [0.4, 0.5) is 0 Å². The van der Waals surface area contributed by atoms with Crippen molar-refractivity contribution in [2.45, 2.75) is 64.8 Å². The molecule has 0 saturated heterocycles. The van der Waals surface area contributed by atoms with Crippen molar-refractivity contribution in [2.75, 3.05) is 14.1 Å². The van der Waals surface area contributed by atoms with Gasteiger partial charge in [0.2, 0.25) is 17.7 Å². The Hall–Kier alpha value is -3.65. The molecule has 3 N–H and O–H groups in total. The molecule has 8 nitrogen and oxygen atoms in total. The van der Waals surface area contributed by atoms with Crippen molar-refractivity contribution in [3.05, 3.63) is 71.9 Å². The van der Waals surface area contributed by atoms with Crippen molar-refractivity contribution >= 4 is 23.8 Å². The smallest absolute Gasteiger partial charge is 0.247 e. The van der Waals surface area contributed by atoms with Crippen LogP contribution in [0.2, 0.25) is 0 Å². The predicted octanol–water partition coefficient (Wildman–Crippen LogP) is 3.38. The molecule has 2 bridgehead atoms. The summed E-state index contributed by atoms with van der Waals surface area (Å²) in [6.07, 6.45) is 3.60. The van der Waals surface area contributed by atoms with Crippen LogP contribution in [0, 0.1) is 11.8 Å². The van der Waals surface area contributed by atoms with Crippen LogP contribution in [0.15, 0.2) is 60.8 Å². The van der Waals surface area contributed by atoms with Crippen molar-refractivity contribution in [1.82, 2.24) is 20.9 Å². The monoisotopic (exact) mass is 534 g/mol. The summed E-state index contributed by atoms with van der Waals surface area (Å²) in [5.41, 5.74) is 1.79. The standard InChI is InChI=1S/C31H42N4O4/c1-20(2)18-26(35(5)6)30(37)34-27-28(21(3)4)39-24-14-12-22(13-15-24)16-17-32-29(36)25(33-31(27)38)19-23-10-8-7-9-11-23/h7-17,20-21,25-28H,18-19H2,1-6H3,(H,32,36)(H,33,38)(H,34,37)/b17-16+/t25-,26-,27-,28-/m0/s1. The molecule has 2 aromatic carbocycles. The second-order valence-electron chi connectivity index (χ2n) is 11.1. The average molecular weight is 535 g/mol. The zero-order valence-corrected chi connectivity index (χ0v) is 23.8. The Kier molecular flexibility index (Phi) is 10.7. The number of amides is 3. The lowest BCUT2D eigenvalue weighted by atomic mass is 9.96. The van der Waals surface area contributed by atoms with Crippen LogP contribution in [0.3, 0.4) is 0 Å². The van der Waals surface area contributed by atoms with Crippen LogP contribution in [0.25, 0.3) is 6.08 Å². The van der Waals surface area contributed by atoms with Crippen LogP contribution < -0.4 is 20.7 Å². The third-order valence-electron chi connectivity index (χ3n) is 6.76. The molecule has 0 unspecified atom stereocenters. The van der Waals surface area contributed by atoms with Crippen molar-refractivity contribution in [3.8, 4) is 5.75 Å². The molecule has 0 aromatic heterocycles. The summed E-state index contributed by atoms with van der Waals surface area (Å²) in [4.78, 5) is 42.6. The molecule has 0 saturated carbocycles. The van der Waals surface area contributed by atoms with Crippen molar-refractivity contribution < 1.29 is 19.1 Å². The topological polar surface area (TPSA) is 99.8 Å². The highest BCUT2D eigenvalue weighted by Gasteiger charge is 2.38. The van der Waals surface area contributed by atoms with Gasteiger partial charge in [0, 0.05) is 12.6 Å². The molecule has 8 heteroatoms. The fourth-order valence-electron chi connectivity index (χ4n) is 4.59. The highest BCUT2D eigenvalue weighted by molar-refractivity contribution is 5.94. The van der Waals surface area contributed by atoms with Crippen LogP contribution in [-0.4, -0.2) is 60.9 Å². The van der Waals surface area contributed by atoms with Gasteiger partial charge < -0.3 is 20.7 Å². The zero-order valence-electron chi connectivity index (χ0n) is 23.8. The molecule has 2 aliphatic heterocycles. The van der Waals surface area contributed by atoms with Gasteiger partial charge in [0.25, 0.3) is 0 Å². The summed E-state index contributed by atoms with van der Waals surface area (Å²) < 4.78 is 6.35. The number of hydrogen-bond donors (Lipinski definition) is 3. The summed E-state index contributed by atoms with van der Waals surface area (Å²) >= 11 is 0. The van der Waals surface area contributed by atoms with E-state index >= 15 is 0 Å². The van der Waals surface area contributed by atoms with E-state index in [0.717, 1.165) is 11.1 Å². The van der Waals surface area contributed by atoms with Crippen molar-refractivity contribution in [3.63, 3.8) is 0 Å².